The molecule has 0 amide bonds. The van der Waals surface area contributed by atoms with Crippen molar-refractivity contribution in [3.8, 4) is 0 Å². The molecule has 0 spiro atoms. The van der Waals surface area contributed by atoms with E-state index in [9.17, 15) is 0 Å². The summed E-state index contributed by atoms with van der Waals surface area (Å²) < 4.78 is 1.03. The van der Waals surface area contributed by atoms with Gasteiger partial charge >= 0.3 is 0 Å². The SMILES string of the molecule is NCCc1sc2c(NCc3cccs3)cc(Cl)nc2c1Cl. The lowest BCUT2D eigenvalue weighted by Crippen LogP contribution is -2.01. The highest BCUT2D eigenvalue weighted by Crippen LogP contribution is 2.39. The average molecular weight is 358 g/mol. The van der Waals surface area contributed by atoms with Gasteiger partial charge < -0.3 is 11.1 Å². The van der Waals surface area contributed by atoms with Gasteiger partial charge in [-0.3, -0.25) is 0 Å². The van der Waals surface area contributed by atoms with E-state index in [1.54, 1.807) is 22.7 Å². The van der Waals surface area contributed by atoms with Crippen molar-refractivity contribution in [3.05, 3.63) is 43.5 Å². The summed E-state index contributed by atoms with van der Waals surface area (Å²) in [5.74, 6) is 0. The fraction of sp³-hybridized carbons (Fsp3) is 0.214. The molecule has 0 aliphatic carbocycles. The second-order valence-corrected chi connectivity index (χ2v) is 7.38. The first-order chi connectivity index (χ1) is 10.2. The molecule has 21 heavy (non-hydrogen) atoms. The molecule has 3 heterocycles. The summed E-state index contributed by atoms with van der Waals surface area (Å²) in [6.07, 6.45) is 0.752. The van der Waals surface area contributed by atoms with E-state index in [1.807, 2.05) is 12.1 Å². The first kappa shape index (κ1) is 15.1. The van der Waals surface area contributed by atoms with Gasteiger partial charge in [-0.15, -0.1) is 22.7 Å². The maximum Gasteiger partial charge on any atom is 0.131 e. The summed E-state index contributed by atoms with van der Waals surface area (Å²) in [6, 6.07) is 5.98. The Kier molecular flexibility index (Phi) is 4.66. The second kappa shape index (κ2) is 6.50. The van der Waals surface area contributed by atoms with Gasteiger partial charge in [0.2, 0.25) is 0 Å². The summed E-state index contributed by atoms with van der Waals surface area (Å²) in [4.78, 5) is 6.67. The Morgan fingerprint density at radius 3 is 2.90 bits per heavy atom. The summed E-state index contributed by atoms with van der Waals surface area (Å²) in [5, 5.41) is 6.59. The van der Waals surface area contributed by atoms with Gasteiger partial charge in [-0.05, 0) is 24.4 Å². The van der Waals surface area contributed by atoms with Crippen LogP contribution in [0.3, 0.4) is 0 Å². The number of anilines is 1. The van der Waals surface area contributed by atoms with Gasteiger partial charge in [0.25, 0.3) is 0 Å². The highest BCUT2D eigenvalue weighted by atomic mass is 35.5. The first-order valence-corrected chi connectivity index (χ1v) is 8.88. The number of hydrogen-bond donors (Lipinski definition) is 2. The molecule has 110 valence electrons. The lowest BCUT2D eigenvalue weighted by atomic mass is 10.3. The molecule has 0 saturated carbocycles. The molecule has 0 aliphatic heterocycles. The standard InChI is InChI=1S/C14H13Cl2N3S2/c15-11-6-9(18-7-8-2-1-5-20-8)14-13(19-11)12(16)10(21-14)3-4-17/h1-2,5-6H,3-4,7,17H2,(H,18,19). The van der Waals surface area contributed by atoms with Gasteiger partial charge in [-0.1, -0.05) is 29.3 Å². The third-order valence-electron chi connectivity index (χ3n) is 3.02. The minimum Gasteiger partial charge on any atom is -0.379 e. The smallest absolute Gasteiger partial charge is 0.131 e. The van der Waals surface area contributed by atoms with Crippen molar-refractivity contribution in [1.29, 1.82) is 0 Å². The fourth-order valence-electron chi connectivity index (χ4n) is 2.07. The average Bonchev–Trinajstić information content (AvgIpc) is 3.07. The van der Waals surface area contributed by atoms with E-state index in [0.29, 0.717) is 16.7 Å². The van der Waals surface area contributed by atoms with Crippen LogP contribution >= 0.6 is 45.9 Å². The van der Waals surface area contributed by atoms with Crippen molar-refractivity contribution in [2.24, 2.45) is 5.73 Å². The topological polar surface area (TPSA) is 50.9 Å². The van der Waals surface area contributed by atoms with Gasteiger partial charge in [0, 0.05) is 22.4 Å². The number of nitrogens with two attached hydrogens (primary N) is 1. The molecule has 0 aromatic carbocycles. The molecule has 0 radical (unpaired) electrons. The lowest BCUT2D eigenvalue weighted by Gasteiger charge is -2.06. The Bertz CT molecular complexity index is 753. The van der Waals surface area contributed by atoms with Gasteiger partial charge in [0.05, 0.1) is 15.4 Å². The predicted molar refractivity (Wildman–Crippen MR) is 94.0 cm³/mol. The number of aromatic nitrogens is 1. The molecule has 3 nitrogen and oxygen atoms in total. The van der Waals surface area contributed by atoms with Crippen LogP contribution in [0.1, 0.15) is 9.75 Å². The number of thiophene rings is 2. The van der Waals surface area contributed by atoms with Gasteiger partial charge in [0.15, 0.2) is 0 Å². The molecule has 0 saturated heterocycles. The summed E-state index contributed by atoms with van der Waals surface area (Å²) in [5.41, 5.74) is 7.35. The van der Waals surface area contributed by atoms with E-state index in [0.717, 1.165) is 33.7 Å². The zero-order valence-electron chi connectivity index (χ0n) is 11.0. The van der Waals surface area contributed by atoms with Crippen LogP contribution in [0.15, 0.2) is 23.6 Å². The molecule has 0 aliphatic rings. The minimum absolute atomic E-state index is 0.440. The molecular formula is C14H13Cl2N3S2. The molecule has 7 heteroatoms. The highest BCUT2D eigenvalue weighted by molar-refractivity contribution is 7.20. The van der Waals surface area contributed by atoms with E-state index in [-0.39, 0.29) is 0 Å². The van der Waals surface area contributed by atoms with Gasteiger partial charge in [-0.2, -0.15) is 0 Å². The van der Waals surface area contributed by atoms with Crippen LogP contribution < -0.4 is 11.1 Å². The summed E-state index contributed by atoms with van der Waals surface area (Å²) in [6.45, 7) is 1.33. The molecule has 3 rings (SSSR count). The van der Waals surface area contributed by atoms with Crippen molar-refractivity contribution in [2.45, 2.75) is 13.0 Å². The molecule has 0 atom stereocenters. The zero-order valence-corrected chi connectivity index (χ0v) is 14.2. The lowest BCUT2D eigenvalue weighted by molar-refractivity contribution is 0.989. The predicted octanol–water partition coefficient (Wildman–Crippen LogP) is 4.78. The first-order valence-electron chi connectivity index (χ1n) is 6.42. The van der Waals surface area contributed by atoms with E-state index < -0.39 is 0 Å². The van der Waals surface area contributed by atoms with Crippen molar-refractivity contribution in [3.63, 3.8) is 0 Å². The molecular weight excluding hydrogens is 345 g/mol. The number of fused-ring (bicyclic) bond motifs is 1. The number of hydrogen-bond acceptors (Lipinski definition) is 5. The Hall–Kier alpha value is -0.850. The van der Waals surface area contributed by atoms with Crippen LogP contribution in [0.4, 0.5) is 5.69 Å². The third kappa shape index (κ3) is 3.17. The molecule has 0 bridgehead atoms. The monoisotopic (exact) mass is 357 g/mol. The highest BCUT2D eigenvalue weighted by Gasteiger charge is 2.15. The van der Waals surface area contributed by atoms with Gasteiger partial charge in [0.1, 0.15) is 10.7 Å². The molecule has 3 aromatic heterocycles. The van der Waals surface area contributed by atoms with Crippen molar-refractivity contribution < 1.29 is 0 Å². The number of nitrogens with zero attached hydrogens (tertiary/aromatic N) is 1. The largest absolute Gasteiger partial charge is 0.379 e. The van der Waals surface area contributed by atoms with Crippen molar-refractivity contribution >= 4 is 61.8 Å². The molecule has 3 N–H and O–H groups in total. The van der Waals surface area contributed by atoms with Crippen LogP contribution in [-0.2, 0) is 13.0 Å². The maximum absolute atomic E-state index is 6.39. The summed E-state index contributed by atoms with van der Waals surface area (Å²) in [7, 11) is 0. The Morgan fingerprint density at radius 2 is 2.19 bits per heavy atom. The third-order valence-corrected chi connectivity index (χ3v) is 5.89. The second-order valence-electron chi connectivity index (χ2n) is 4.48. The maximum atomic E-state index is 6.39. The Balaban J connectivity index is 1.98. The van der Waals surface area contributed by atoms with Crippen molar-refractivity contribution in [1.82, 2.24) is 4.98 Å². The van der Waals surface area contributed by atoms with Crippen LogP contribution in [-0.4, -0.2) is 11.5 Å². The van der Waals surface area contributed by atoms with E-state index >= 15 is 0 Å². The number of rotatable bonds is 5. The number of halogens is 2. The van der Waals surface area contributed by atoms with E-state index in [2.05, 4.69) is 21.7 Å². The van der Waals surface area contributed by atoms with Gasteiger partial charge in [-0.25, -0.2) is 4.98 Å². The minimum atomic E-state index is 0.440. The molecule has 0 unspecified atom stereocenters. The normalized spacial score (nSPS) is 11.2. The number of nitrogens with one attached hydrogen (secondary N) is 1. The van der Waals surface area contributed by atoms with Crippen LogP contribution in [0.2, 0.25) is 10.2 Å². The zero-order chi connectivity index (χ0) is 14.8. The van der Waals surface area contributed by atoms with Crippen LogP contribution in [0, 0.1) is 0 Å². The Labute approximate surface area is 140 Å². The van der Waals surface area contributed by atoms with Crippen LogP contribution in [0.5, 0.6) is 0 Å². The molecule has 0 fully saturated rings. The van der Waals surface area contributed by atoms with Crippen LogP contribution in [0.25, 0.3) is 10.2 Å². The molecule has 3 aromatic rings. The summed E-state index contributed by atoms with van der Waals surface area (Å²) >= 11 is 15.8. The Morgan fingerprint density at radius 1 is 1.33 bits per heavy atom. The fourth-order valence-corrected chi connectivity index (χ4v) is 4.45. The van der Waals surface area contributed by atoms with E-state index in [4.69, 9.17) is 28.9 Å². The van der Waals surface area contributed by atoms with E-state index in [1.165, 1.54) is 4.88 Å². The number of pyridine rings is 1. The van der Waals surface area contributed by atoms with Crippen molar-refractivity contribution in [2.75, 3.05) is 11.9 Å². The quantitative estimate of drug-likeness (QED) is 0.646.